The first kappa shape index (κ1) is 13.7. The second-order valence-electron chi connectivity index (χ2n) is 4.11. The summed E-state index contributed by atoms with van der Waals surface area (Å²) in [6.45, 7) is 4.30. The predicted molar refractivity (Wildman–Crippen MR) is 71.9 cm³/mol. The quantitative estimate of drug-likeness (QED) is 0.910. The fraction of sp³-hybridized carbons (Fsp3) is 0.333. The number of nitrogens with zero attached hydrogens (tertiary/aromatic N) is 3. The Morgan fingerprint density at radius 1 is 1.21 bits per heavy atom. The minimum atomic E-state index is -3.86. The number of aryl methyl sites for hydroxylation is 1. The fourth-order valence-corrected chi connectivity index (χ4v) is 2.71. The molecule has 0 aliphatic rings. The number of hydrogen-bond acceptors (Lipinski definition) is 4. The van der Waals surface area contributed by atoms with Crippen LogP contribution in [0.15, 0.2) is 29.4 Å². The average molecular weight is 280 g/mol. The van der Waals surface area contributed by atoms with Gasteiger partial charge in [0.2, 0.25) is 0 Å². The molecule has 0 radical (unpaired) electrons. The third-order valence-corrected chi connectivity index (χ3v) is 3.74. The van der Waals surface area contributed by atoms with Crippen LogP contribution < -0.4 is 5.14 Å². The van der Waals surface area contributed by atoms with Crippen molar-refractivity contribution in [3.63, 3.8) is 0 Å². The van der Waals surface area contributed by atoms with Crippen molar-refractivity contribution in [2.24, 2.45) is 5.14 Å². The minimum Gasteiger partial charge on any atom is -0.297 e. The van der Waals surface area contributed by atoms with Crippen molar-refractivity contribution in [2.75, 3.05) is 0 Å². The van der Waals surface area contributed by atoms with E-state index in [4.69, 9.17) is 5.14 Å². The number of nitrogens with two attached hydrogens (primary N) is 1. The molecule has 0 atom stereocenters. The lowest BCUT2D eigenvalue weighted by atomic mass is 10.0. The van der Waals surface area contributed by atoms with Gasteiger partial charge in [-0.15, -0.1) is 10.2 Å². The third-order valence-electron chi connectivity index (χ3n) is 2.93. The topological polar surface area (TPSA) is 90.9 Å². The van der Waals surface area contributed by atoms with Crippen molar-refractivity contribution in [3.05, 3.63) is 29.8 Å². The molecule has 0 amide bonds. The molecule has 0 saturated carbocycles. The number of rotatable bonds is 4. The molecule has 2 rings (SSSR count). The van der Waals surface area contributed by atoms with Gasteiger partial charge in [0.25, 0.3) is 15.2 Å². The standard InChI is InChI=1S/C12H16N4O2S/c1-3-9-7-5-6-8-10(9)11-14-15-12(16(11)4-2)19(13,17)18/h5-8H,3-4H2,1-2H3,(H2,13,17,18). The summed E-state index contributed by atoms with van der Waals surface area (Å²) in [6, 6.07) is 7.72. The van der Waals surface area contributed by atoms with Gasteiger partial charge in [0.15, 0.2) is 5.82 Å². The van der Waals surface area contributed by atoms with Gasteiger partial charge in [-0.2, -0.15) is 0 Å². The Morgan fingerprint density at radius 2 is 1.89 bits per heavy atom. The molecule has 1 aromatic carbocycles. The van der Waals surface area contributed by atoms with Crippen LogP contribution in [-0.2, 0) is 23.0 Å². The molecule has 102 valence electrons. The van der Waals surface area contributed by atoms with Crippen molar-refractivity contribution < 1.29 is 8.42 Å². The first-order valence-corrected chi connectivity index (χ1v) is 7.58. The molecule has 0 bridgehead atoms. The average Bonchev–Trinajstić information content (AvgIpc) is 2.82. The first-order chi connectivity index (χ1) is 8.99. The summed E-state index contributed by atoms with van der Waals surface area (Å²) in [5, 5.41) is 12.6. The van der Waals surface area contributed by atoms with Crippen LogP contribution in [-0.4, -0.2) is 23.2 Å². The zero-order valence-corrected chi connectivity index (χ0v) is 11.7. The molecule has 6 nitrogen and oxygen atoms in total. The maximum Gasteiger partial charge on any atom is 0.273 e. The molecule has 1 heterocycles. The molecule has 19 heavy (non-hydrogen) atoms. The zero-order chi connectivity index (χ0) is 14.0. The van der Waals surface area contributed by atoms with Crippen molar-refractivity contribution in [2.45, 2.75) is 32.0 Å². The minimum absolute atomic E-state index is 0.198. The summed E-state index contributed by atoms with van der Waals surface area (Å²) in [7, 11) is -3.86. The predicted octanol–water partition coefficient (Wildman–Crippen LogP) is 1.17. The fourth-order valence-electron chi connectivity index (χ4n) is 2.03. The van der Waals surface area contributed by atoms with E-state index in [2.05, 4.69) is 10.2 Å². The molecule has 2 aromatic rings. The normalized spacial score (nSPS) is 11.7. The summed E-state index contributed by atoms with van der Waals surface area (Å²) < 4.78 is 24.5. The highest BCUT2D eigenvalue weighted by Gasteiger charge is 2.21. The second-order valence-corrected chi connectivity index (χ2v) is 5.56. The lowest BCUT2D eigenvalue weighted by Crippen LogP contribution is -2.18. The highest BCUT2D eigenvalue weighted by molar-refractivity contribution is 7.89. The molecule has 2 N–H and O–H groups in total. The SMILES string of the molecule is CCc1ccccc1-c1nnc(S(N)(=O)=O)n1CC. The van der Waals surface area contributed by atoms with Crippen LogP contribution in [0.5, 0.6) is 0 Å². The van der Waals surface area contributed by atoms with Gasteiger partial charge in [0.05, 0.1) is 0 Å². The summed E-state index contributed by atoms with van der Waals surface area (Å²) in [5.41, 5.74) is 1.97. The van der Waals surface area contributed by atoms with Crippen LogP contribution in [0.4, 0.5) is 0 Å². The molecule has 0 saturated heterocycles. The Kier molecular flexibility index (Phi) is 3.68. The maximum absolute atomic E-state index is 11.5. The van der Waals surface area contributed by atoms with Crippen molar-refractivity contribution in [1.82, 2.24) is 14.8 Å². The van der Waals surface area contributed by atoms with Gasteiger partial charge in [-0.3, -0.25) is 4.57 Å². The first-order valence-electron chi connectivity index (χ1n) is 6.03. The van der Waals surface area contributed by atoms with Crippen LogP contribution in [0.3, 0.4) is 0 Å². The number of aromatic nitrogens is 3. The highest BCUT2D eigenvalue weighted by Crippen LogP contribution is 2.24. The number of primary sulfonamides is 1. The van der Waals surface area contributed by atoms with Gasteiger partial charge in [0, 0.05) is 12.1 Å². The van der Waals surface area contributed by atoms with Gasteiger partial charge >= 0.3 is 0 Å². The van der Waals surface area contributed by atoms with E-state index < -0.39 is 10.0 Å². The Labute approximate surface area is 112 Å². The Balaban J connectivity index is 2.67. The largest absolute Gasteiger partial charge is 0.297 e. The smallest absolute Gasteiger partial charge is 0.273 e. The summed E-state index contributed by atoms with van der Waals surface area (Å²) >= 11 is 0. The van der Waals surface area contributed by atoms with E-state index >= 15 is 0 Å². The number of sulfonamides is 1. The van der Waals surface area contributed by atoms with Crippen LogP contribution in [0.1, 0.15) is 19.4 Å². The van der Waals surface area contributed by atoms with E-state index in [0.717, 1.165) is 17.5 Å². The Morgan fingerprint density at radius 3 is 2.47 bits per heavy atom. The monoisotopic (exact) mass is 280 g/mol. The van der Waals surface area contributed by atoms with Crippen LogP contribution in [0.2, 0.25) is 0 Å². The second kappa shape index (κ2) is 5.10. The molecule has 0 aliphatic heterocycles. The summed E-state index contributed by atoms with van der Waals surface area (Å²) in [4.78, 5) is 0. The highest BCUT2D eigenvalue weighted by atomic mass is 32.2. The van der Waals surface area contributed by atoms with Gasteiger partial charge in [-0.05, 0) is 18.9 Å². The lowest BCUT2D eigenvalue weighted by molar-refractivity contribution is 0.571. The van der Waals surface area contributed by atoms with Gasteiger partial charge in [0.1, 0.15) is 0 Å². The maximum atomic E-state index is 11.5. The van der Waals surface area contributed by atoms with Crippen LogP contribution in [0, 0.1) is 0 Å². The van der Waals surface area contributed by atoms with Crippen LogP contribution in [0.25, 0.3) is 11.4 Å². The Hall–Kier alpha value is -1.73. The summed E-state index contributed by atoms with van der Waals surface area (Å²) in [5.74, 6) is 0.531. The van der Waals surface area contributed by atoms with E-state index in [9.17, 15) is 8.42 Å². The number of benzene rings is 1. The molecule has 1 aromatic heterocycles. The van der Waals surface area contributed by atoms with Gasteiger partial charge < -0.3 is 0 Å². The number of hydrogen-bond donors (Lipinski definition) is 1. The van der Waals surface area contributed by atoms with Crippen LogP contribution >= 0.6 is 0 Å². The zero-order valence-electron chi connectivity index (χ0n) is 10.9. The van der Waals surface area contributed by atoms with Crippen molar-refractivity contribution in [3.8, 4) is 11.4 Å². The van der Waals surface area contributed by atoms with E-state index in [-0.39, 0.29) is 5.16 Å². The van der Waals surface area contributed by atoms with Crippen molar-refractivity contribution >= 4 is 10.0 Å². The lowest BCUT2D eigenvalue weighted by Gasteiger charge is -2.09. The van der Waals surface area contributed by atoms with Gasteiger partial charge in [-0.1, -0.05) is 31.2 Å². The van der Waals surface area contributed by atoms with E-state index in [1.807, 2.05) is 38.1 Å². The van der Waals surface area contributed by atoms with Gasteiger partial charge in [-0.25, -0.2) is 13.6 Å². The molecule has 0 unspecified atom stereocenters. The third kappa shape index (κ3) is 2.52. The molecule has 0 fully saturated rings. The Bertz CT molecular complexity index is 692. The molecule has 7 heteroatoms. The molecule has 0 aliphatic carbocycles. The van der Waals surface area contributed by atoms with E-state index in [1.54, 1.807) is 0 Å². The van der Waals surface area contributed by atoms with E-state index in [0.29, 0.717) is 12.4 Å². The molecular formula is C12H16N4O2S. The summed E-state index contributed by atoms with van der Waals surface area (Å²) in [6.07, 6.45) is 0.831. The molecule has 0 spiro atoms. The van der Waals surface area contributed by atoms with Crippen molar-refractivity contribution in [1.29, 1.82) is 0 Å². The van der Waals surface area contributed by atoms with E-state index in [1.165, 1.54) is 4.57 Å². The molecular weight excluding hydrogens is 264 g/mol.